The van der Waals surface area contributed by atoms with Crippen LogP contribution in [-0.4, -0.2) is 245 Å². The maximum absolute atomic E-state index is 13.1. The molecule has 3 fully saturated rings. The van der Waals surface area contributed by atoms with E-state index in [9.17, 15) is 65.5 Å². The molecule has 1 amide bonds. The van der Waals surface area contributed by atoms with E-state index in [1.807, 2.05) is 65.3 Å². The summed E-state index contributed by atoms with van der Waals surface area (Å²) in [6.45, 7) is 7.82. The summed E-state index contributed by atoms with van der Waals surface area (Å²) in [5.74, 6) is 2.94. The molecule has 3 saturated heterocycles. The minimum Gasteiger partial charge on any atom is -0.379 e. The molecule has 19 aromatic rings. The summed E-state index contributed by atoms with van der Waals surface area (Å²) >= 11 is 0. The molecule has 18 aromatic heterocycles. The monoisotopic (exact) mass is 2030 g/mol. The lowest BCUT2D eigenvalue weighted by atomic mass is 9.98. The van der Waals surface area contributed by atoms with Gasteiger partial charge in [0.25, 0.3) is 32.1 Å². The van der Waals surface area contributed by atoms with Gasteiger partial charge in [-0.05, 0) is 86.2 Å². The summed E-state index contributed by atoms with van der Waals surface area (Å²) in [4.78, 5) is 104. The lowest BCUT2D eigenvalue weighted by Crippen LogP contribution is -2.48. The number of hydrogen-bond donors (Lipinski definition) is 2. The van der Waals surface area contributed by atoms with E-state index >= 15 is 0 Å². The van der Waals surface area contributed by atoms with Crippen LogP contribution in [0.25, 0.3) is 131 Å². The number of piperazine rings is 1. The summed E-state index contributed by atoms with van der Waals surface area (Å²) in [5.41, 5.74) is 14.5. The Morgan fingerprint density at radius 3 is 1.25 bits per heavy atom. The summed E-state index contributed by atoms with van der Waals surface area (Å²) in [6, 6.07) is 21.8. The second-order valence-corrected chi connectivity index (χ2v) is 36.8. The van der Waals surface area contributed by atoms with Gasteiger partial charge in [-0.25, -0.2) is 170 Å². The van der Waals surface area contributed by atoms with Gasteiger partial charge in [-0.2, -0.15) is 14.5 Å². The van der Waals surface area contributed by atoms with E-state index in [-0.39, 0.29) is 46.9 Å². The Labute approximate surface area is 815 Å². The number of sulfonamides is 2. The van der Waals surface area contributed by atoms with Crippen molar-refractivity contribution in [2.24, 2.45) is 11.7 Å². The molecular formula is C92H83F10N35O6S2. The third kappa shape index (κ3) is 23.1. The van der Waals surface area contributed by atoms with Crippen LogP contribution in [-0.2, 0) is 42.5 Å². The standard InChI is InChI=1S/C21H20F2N8O2S.C19H14F2N6O.C18H21F2N7O2S.C18H15F2N7O.C16H13F2N7/c1-34(32,33)30-9-7-29(8-10-30)18-4-2-3-14(27-18)15-5-6-24-21(28-15)17-11-26-19-12-25-16(20(22)23)13-31(17)19;20-18(21)14-10-27-15(8-25-17(27)9-24-14)19-23-5-4-13(26-19)12-3-1-2-11(6-12)7-16(22)28;1-30(28,29)24-7-12-3-2-6-26(10-12)15-4-5-21-18(25-15)14-8-23-16-9-22-13(17(19)20)11-27(14)16;19-17(20)14-9-26-15(6-23-16(26)7-22-14)18-21-3-1-13(25-18)11-5-24-27(8-11)12-2-4-28-10-12;1-2-24-8-10(5-22-24)11-3-4-19-16(23-11)13-6-21-14-7-20-12(15(17)18)9-25(13)14/h2-6,11-13,20H,7-10H2,1H3;1-6,8-10,18H,7H2,(H2,22,28);4-5,8-9,11-12,17,24H,2-3,6-7,10H2,1H3;1,3,5-9,12,17H,2,4,10H2;3-9,15H,2H2,1H3. The Morgan fingerprint density at radius 2 is 0.828 bits per heavy atom. The topological polar surface area (TPSA) is 471 Å². The van der Waals surface area contributed by atoms with Crippen molar-refractivity contribution in [3.63, 3.8) is 0 Å². The Hall–Kier alpha value is -16.6. The first-order valence-electron chi connectivity index (χ1n) is 44.6. The van der Waals surface area contributed by atoms with Crippen LogP contribution in [0.1, 0.15) is 98.4 Å². The lowest BCUT2D eigenvalue weighted by Gasteiger charge is -2.34. The molecule has 3 aliphatic rings. The van der Waals surface area contributed by atoms with Crippen molar-refractivity contribution in [2.45, 2.75) is 77.3 Å². The van der Waals surface area contributed by atoms with Gasteiger partial charge in [-0.3, -0.25) is 36.2 Å². The summed E-state index contributed by atoms with van der Waals surface area (Å²) in [7, 11) is -6.45. The Morgan fingerprint density at radius 1 is 0.421 bits per heavy atom. The number of aryl methyl sites for hydroxylation is 1. The average Bonchev–Trinajstić information content (AvgIpc) is 1.70. The van der Waals surface area contributed by atoms with Gasteiger partial charge in [0, 0.05) is 150 Å². The summed E-state index contributed by atoms with van der Waals surface area (Å²) in [5, 5.41) is 8.65. The number of piperidine rings is 1. The molecule has 22 rings (SSSR count). The van der Waals surface area contributed by atoms with Gasteiger partial charge in [0.1, 0.15) is 68.6 Å². The van der Waals surface area contributed by atoms with E-state index < -0.39 is 58.1 Å². The maximum atomic E-state index is 13.1. The minimum atomic E-state index is -3.23. The number of nitrogens with one attached hydrogen (secondary N) is 1. The largest absolute Gasteiger partial charge is 0.379 e. The number of nitrogens with zero attached hydrogens (tertiary/aromatic N) is 33. The molecule has 3 aliphatic heterocycles. The molecule has 0 radical (unpaired) electrons. The van der Waals surface area contributed by atoms with Gasteiger partial charge >= 0.3 is 0 Å². The predicted octanol–water partition coefficient (Wildman–Crippen LogP) is 12.9. The molecule has 3 N–H and O–H groups in total. The van der Waals surface area contributed by atoms with E-state index in [1.165, 1.54) is 113 Å². The molecule has 0 bridgehead atoms. The molecule has 744 valence electrons. The molecular weight excluding hydrogens is 1950 g/mol. The third-order valence-corrected chi connectivity index (χ3v) is 25.1. The number of rotatable bonds is 24. The zero-order chi connectivity index (χ0) is 101. The van der Waals surface area contributed by atoms with Gasteiger partial charge in [-0.15, -0.1) is 0 Å². The molecule has 53 heteroatoms. The van der Waals surface area contributed by atoms with E-state index in [0.717, 1.165) is 67.5 Å². The van der Waals surface area contributed by atoms with E-state index in [0.29, 0.717) is 172 Å². The van der Waals surface area contributed by atoms with Crippen LogP contribution >= 0.6 is 0 Å². The highest BCUT2D eigenvalue weighted by Crippen LogP contribution is 2.34. The number of alkyl halides is 10. The number of anilines is 2. The second-order valence-electron chi connectivity index (χ2n) is 33.0. The fourth-order valence-electron chi connectivity index (χ4n) is 15.9. The van der Waals surface area contributed by atoms with Crippen LogP contribution in [0.2, 0.25) is 0 Å². The highest BCUT2D eigenvalue weighted by atomic mass is 32.2. The minimum absolute atomic E-state index is 0.127. The molecule has 41 nitrogen and oxygen atoms in total. The maximum Gasteiger partial charge on any atom is 0.281 e. The number of carbonyl (C=O) groups is 1. The summed E-state index contributed by atoms with van der Waals surface area (Å²) < 4.78 is 197. The molecule has 2 atom stereocenters. The van der Waals surface area contributed by atoms with Crippen LogP contribution in [0.15, 0.2) is 222 Å². The van der Waals surface area contributed by atoms with Gasteiger partial charge < -0.3 is 20.3 Å². The zero-order valence-electron chi connectivity index (χ0n) is 76.6. The summed E-state index contributed by atoms with van der Waals surface area (Å²) in [6.07, 6.45) is 27.4. The van der Waals surface area contributed by atoms with Crippen LogP contribution < -0.4 is 20.3 Å². The van der Waals surface area contributed by atoms with E-state index in [2.05, 4.69) is 119 Å². The van der Waals surface area contributed by atoms with Crippen molar-refractivity contribution in [2.75, 3.05) is 81.3 Å². The number of fused-ring (bicyclic) bond motifs is 5. The quantitative estimate of drug-likeness (QED) is 0.0531. The number of nitrogens with two attached hydrogens (primary N) is 1. The molecule has 145 heavy (non-hydrogen) atoms. The zero-order valence-corrected chi connectivity index (χ0v) is 78.2. The first kappa shape index (κ1) is 98.6. The van der Waals surface area contributed by atoms with Crippen molar-refractivity contribution in [1.29, 1.82) is 0 Å². The number of ether oxygens (including phenoxy) is 1. The first-order chi connectivity index (χ1) is 69.9. The van der Waals surface area contributed by atoms with Gasteiger partial charge in [0.2, 0.25) is 26.0 Å². The molecule has 1 aromatic carbocycles. The van der Waals surface area contributed by atoms with Crippen molar-refractivity contribution in [1.82, 2.24) is 155 Å². The lowest BCUT2D eigenvalue weighted by molar-refractivity contribution is -0.117. The van der Waals surface area contributed by atoms with Crippen LogP contribution in [0, 0.1) is 5.92 Å². The molecule has 2 unspecified atom stereocenters. The number of benzene rings is 1. The molecule has 0 aliphatic carbocycles. The smallest absolute Gasteiger partial charge is 0.281 e. The number of primary amides is 1. The number of pyridine rings is 1. The fourth-order valence-corrected chi connectivity index (χ4v) is 17.3. The van der Waals surface area contributed by atoms with Crippen LogP contribution in [0.5, 0.6) is 0 Å². The van der Waals surface area contributed by atoms with Gasteiger partial charge in [0.05, 0.1) is 134 Å². The Bertz CT molecular complexity index is 8120. The predicted molar refractivity (Wildman–Crippen MR) is 505 cm³/mol. The molecule has 0 spiro atoms. The molecule has 0 saturated carbocycles. The van der Waals surface area contributed by atoms with E-state index in [1.54, 1.807) is 96.9 Å². The van der Waals surface area contributed by atoms with Crippen molar-refractivity contribution < 1.29 is 70.3 Å². The highest BCUT2D eigenvalue weighted by molar-refractivity contribution is 7.88. The number of carbonyl (C=O) groups excluding carboxylic acids is 1. The number of amides is 1. The number of halogens is 10. The Kier molecular flexibility index (Phi) is 29.3. The number of hydrogen-bond acceptors (Lipinski definition) is 31. The van der Waals surface area contributed by atoms with Crippen molar-refractivity contribution in [3.05, 3.63) is 256 Å². The number of imidazole rings is 5. The van der Waals surface area contributed by atoms with Crippen molar-refractivity contribution in [3.8, 4) is 103 Å². The average molecular weight is 2030 g/mol. The van der Waals surface area contributed by atoms with Crippen molar-refractivity contribution >= 4 is 65.8 Å². The van der Waals surface area contributed by atoms with Gasteiger partial charge in [0.15, 0.2) is 57.4 Å². The third-order valence-electron chi connectivity index (χ3n) is 23.1. The fraction of sp³-hybridized carbons (Fsp3) is 0.261. The molecule has 21 heterocycles. The van der Waals surface area contributed by atoms with E-state index in [4.69, 9.17) is 15.5 Å². The van der Waals surface area contributed by atoms with Gasteiger partial charge in [-0.1, -0.05) is 24.3 Å². The highest BCUT2D eigenvalue weighted by Gasteiger charge is 2.29. The van der Waals surface area contributed by atoms with Crippen LogP contribution in [0.4, 0.5) is 55.5 Å². The van der Waals surface area contributed by atoms with Crippen LogP contribution in [0.3, 0.4) is 0 Å². The second kappa shape index (κ2) is 43.1. The normalized spacial score (nSPS) is 14.7. The number of aromatic nitrogens is 30. The Balaban J connectivity index is 0.000000119. The first-order valence-corrected chi connectivity index (χ1v) is 48.3. The SMILES string of the molecule is CCn1cc(-c2ccnc(-c3cnc4cnc(C(F)F)cn34)n2)cn1.CS(=O)(=O)N1CCN(c2cccc(-c3ccnc(-c4cnc5cnc(C(F)F)cn45)n3)n2)CC1.CS(=O)(=O)NCC1CCCN(c2ccnc(-c3cnc4cnc(C(F)F)cn34)n2)C1.FC(F)c1cn2c(-c3nccc(-c4cnn(C5CCOC5)c4)n3)cnc2cn1.NC(=O)Cc1cccc(-c2ccnc(-c3cnc4cnc(C(F)F)cn34)n2)c1.